The lowest BCUT2D eigenvalue weighted by molar-refractivity contribution is -0.121. The number of nitrogens with one attached hydrogen (secondary N) is 2. The first-order valence-electron chi connectivity index (χ1n) is 10.6. The van der Waals surface area contributed by atoms with Crippen LogP contribution in [0.15, 0.2) is 36.4 Å². The molecule has 0 fully saturated rings. The van der Waals surface area contributed by atoms with Crippen LogP contribution in [0.2, 0.25) is 0 Å². The second-order valence-corrected chi connectivity index (χ2v) is 7.45. The highest BCUT2D eigenvalue weighted by Gasteiger charge is 2.13. The molecule has 0 aliphatic heterocycles. The van der Waals surface area contributed by atoms with Gasteiger partial charge in [0, 0.05) is 42.8 Å². The minimum atomic E-state index is -0.389. The van der Waals surface area contributed by atoms with Crippen molar-refractivity contribution in [3.05, 3.63) is 47.5 Å². The summed E-state index contributed by atoms with van der Waals surface area (Å²) in [6.07, 6.45) is 3.71. The first-order valence-corrected chi connectivity index (χ1v) is 10.6. The molecule has 0 heterocycles. The Morgan fingerprint density at radius 2 is 1.35 bits per heavy atom. The van der Waals surface area contributed by atoms with E-state index in [4.69, 9.17) is 0 Å². The Morgan fingerprint density at radius 1 is 0.774 bits per heavy atom. The van der Waals surface area contributed by atoms with Crippen LogP contribution in [-0.2, 0) is 16.0 Å². The lowest BCUT2D eigenvalue weighted by atomic mass is 10.1. The van der Waals surface area contributed by atoms with Crippen molar-refractivity contribution in [3.8, 4) is 11.5 Å². The van der Waals surface area contributed by atoms with Crippen molar-refractivity contribution in [3.63, 3.8) is 0 Å². The third-order valence-corrected chi connectivity index (χ3v) is 4.81. The number of anilines is 2. The molecule has 166 valence electrons. The Morgan fingerprint density at radius 3 is 1.87 bits per heavy atom. The molecule has 0 radical (unpaired) electrons. The summed E-state index contributed by atoms with van der Waals surface area (Å²) in [4.78, 5) is 36.1. The third kappa shape index (κ3) is 7.44. The summed E-state index contributed by atoms with van der Waals surface area (Å²) in [6, 6.07) is 9.37. The van der Waals surface area contributed by atoms with Crippen molar-refractivity contribution >= 4 is 29.0 Å². The summed E-state index contributed by atoms with van der Waals surface area (Å²) in [5, 5.41) is 25.4. The molecular weight excluding hydrogens is 396 g/mol. The number of ketones is 1. The zero-order valence-corrected chi connectivity index (χ0v) is 18.0. The quantitative estimate of drug-likeness (QED) is 0.386. The second-order valence-electron chi connectivity index (χ2n) is 7.45. The summed E-state index contributed by atoms with van der Waals surface area (Å²) in [7, 11) is 0. The summed E-state index contributed by atoms with van der Waals surface area (Å²) >= 11 is 0. The molecule has 2 amide bonds. The molecule has 2 aromatic rings. The maximum absolute atomic E-state index is 12.1. The third-order valence-electron chi connectivity index (χ3n) is 4.81. The van der Waals surface area contributed by atoms with E-state index in [1.807, 2.05) is 6.92 Å². The van der Waals surface area contributed by atoms with Gasteiger partial charge >= 0.3 is 0 Å². The van der Waals surface area contributed by atoms with Crippen molar-refractivity contribution in [1.29, 1.82) is 0 Å². The van der Waals surface area contributed by atoms with E-state index in [1.165, 1.54) is 18.2 Å². The van der Waals surface area contributed by atoms with Crippen LogP contribution >= 0.6 is 0 Å². The number of phenolic OH excluding ortho intramolecular Hbond substituents is 2. The van der Waals surface area contributed by atoms with Crippen LogP contribution in [0.1, 0.15) is 68.3 Å². The SMILES string of the molecule is CCCCc1ccc(NC(=O)CCC(=O)Nc2ccc(C(=O)CCC)c(O)c2)cc1O. The van der Waals surface area contributed by atoms with E-state index in [0.717, 1.165) is 24.8 Å². The molecule has 7 heteroatoms. The van der Waals surface area contributed by atoms with Crippen molar-refractivity contribution in [2.75, 3.05) is 10.6 Å². The summed E-state index contributed by atoms with van der Waals surface area (Å²) < 4.78 is 0. The van der Waals surface area contributed by atoms with Gasteiger partial charge in [0.1, 0.15) is 11.5 Å². The van der Waals surface area contributed by atoms with E-state index >= 15 is 0 Å². The monoisotopic (exact) mass is 426 g/mol. The van der Waals surface area contributed by atoms with Gasteiger partial charge in [-0.25, -0.2) is 0 Å². The molecule has 0 bridgehead atoms. The topological polar surface area (TPSA) is 116 Å². The van der Waals surface area contributed by atoms with Crippen LogP contribution in [0.4, 0.5) is 11.4 Å². The smallest absolute Gasteiger partial charge is 0.224 e. The van der Waals surface area contributed by atoms with E-state index in [1.54, 1.807) is 18.2 Å². The summed E-state index contributed by atoms with van der Waals surface area (Å²) in [5.41, 5.74) is 1.89. The van der Waals surface area contributed by atoms with Gasteiger partial charge in [-0.1, -0.05) is 26.3 Å². The van der Waals surface area contributed by atoms with Crippen LogP contribution in [0.5, 0.6) is 11.5 Å². The van der Waals surface area contributed by atoms with Gasteiger partial charge in [0.05, 0.1) is 5.56 Å². The number of carbonyl (C=O) groups excluding carboxylic acids is 3. The van der Waals surface area contributed by atoms with E-state index in [9.17, 15) is 24.6 Å². The zero-order chi connectivity index (χ0) is 22.8. The standard InChI is InChI=1S/C24H30N2O5/c1-3-5-7-16-8-9-17(14-21(16)28)25-23(30)12-13-24(31)26-18-10-11-19(22(29)15-18)20(27)6-4-2/h8-11,14-15,28-29H,3-7,12-13H2,1-2H3,(H,25,30)(H,26,31). The maximum atomic E-state index is 12.1. The number of unbranched alkanes of at least 4 members (excludes halogenated alkanes) is 1. The highest BCUT2D eigenvalue weighted by molar-refractivity contribution is 6.00. The molecule has 0 atom stereocenters. The predicted octanol–water partition coefficient (Wildman–Crippen LogP) is 4.78. The summed E-state index contributed by atoms with van der Waals surface area (Å²) in [5.74, 6) is -0.931. The zero-order valence-electron chi connectivity index (χ0n) is 18.0. The molecule has 4 N–H and O–H groups in total. The number of hydrogen-bond acceptors (Lipinski definition) is 5. The van der Waals surface area contributed by atoms with Crippen molar-refractivity contribution in [1.82, 2.24) is 0 Å². The number of benzene rings is 2. The first kappa shape index (κ1) is 23.9. The molecule has 7 nitrogen and oxygen atoms in total. The maximum Gasteiger partial charge on any atom is 0.224 e. The molecule has 0 unspecified atom stereocenters. The van der Waals surface area contributed by atoms with Gasteiger partial charge in [-0.3, -0.25) is 14.4 Å². The fourth-order valence-electron chi connectivity index (χ4n) is 3.10. The number of carbonyl (C=O) groups is 3. The lowest BCUT2D eigenvalue weighted by Crippen LogP contribution is -2.17. The first-order chi connectivity index (χ1) is 14.8. The number of hydrogen-bond donors (Lipinski definition) is 4. The normalized spacial score (nSPS) is 10.5. The van der Waals surface area contributed by atoms with Gasteiger partial charge in [-0.15, -0.1) is 0 Å². The van der Waals surface area contributed by atoms with Gasteiger partial charge in [0.15, 0.2) is 5.78 Å². The van der Waals surface area contributed by atoms with Gasteiger partial charge in [-0.2, -0.15) is 0 Å². The molecule has 2 rings (SSSR count). The Kier molecular flexibility index (Phi) is 9.06. The van der Waals surface area contributed by atoms with E-state index < -0.39 is 0 Å². The fraction of sp³-hybridized carbons (Fsp3) is 0.375. The van der Waals surface area contributed by atoms with E-state index in [2.05, 4.69) is 17.6 Å². The fourth-order valence-corrected chi connectivity index (χ4v) is 3.10. The number of rotatable bonds is 11. The molecular formula is C24H30N2O5. The van der Waals surface area contributed by atoms with Crippen LogP contribution in [0.25, 0.3) is 0 Å². The van der Waals surface area contributed by atoms with Crippen molar-refractivity contribution < 1.29 is 24.6 Å². The van der Waals surface area contributed by atoms with Crippen LogP contribution < -0.4 is 10.6 Å². The highest BCUT2D eigenvalue weighted by Crippen LogP contribution is 2.25. The number of amides is 2. The molecule has 0 aromatic heterocycles. The van der Waals surface area contributed by atoms with Gasteiger partial charge in [0.2, 0.25) is 11.8 Å². The Balaban J connectivity index is 1.84. The average molecular weight is 427 g/mol. The van der Waals surface area contributed by atoms with E-state index in [0.29, 0.717) is 24.2 Å². The number of aryl methyl sites for hydroxylation is 1. The molecule has 0 saturated heterocycles. The molecule has 0 saturated carbocycles. The average Bonchev–Trinajstić information content (AvgIpc) is 2.72. The Labute approximate surface area is 182 Å². The predicted molar refractivity (Wildman–Crippen MR) is 121 cm³/mol. The van der Waals surface area contributed by atoms with Crippen LogP contribution in [-0.4, -0.2) is 27.8 Å². The number of aromatic hydroxyl groups is 2. The van der Waals surface area contributed by atoms with Gasteiger partial charge in [0.25, 0.3) is 0 Å². The van der Waals surface area contributed by atoms with E-state index in [-0.39, 0.29) is 47.5 Å². The largest absolute Gasteiger partial charge is 0.508 e. The second kappa shape index (κ2) is 11.7. The summed E-state index contributed by atoms with van der Waals surface area (Å²) in [6.45, 7) is 3.96. The molecule has 31 heavy (non-hydrogen) atoms. The molecule has 2 aromatic carbocycles. The molecule has 0 aliphatic carbocycles. The Bertz CT molecular complexity index is 940. The number of phenols is 2. The highest BCUT2D eigenvalue weighted by atomic mass is 16.3. The van der Waals surface area contributed by atoms with Crippen LogP contribution in [0.3, 0.4) is 0 Å². The molecule has 0 spiro atoms. The minimum absolute atomic E-state index is 0.0385. The minimum Gasteiger partial charge on any atom is -0.508 e. The number of Topliss-reactive ketones (excluding diaryl/α,β-unsaturated/α-hetero) is 1. The van der Waals surface area contributed by atoms with Gasteiger partial charge in [-0.05, 0) is 43.0 Å². The van der Waals surface area contributed by atoms with Crippen molar-refractivity contribution in [2.45, 2.75) is 58.8 Å². The van der Waals surface area contributed by atoms with Gasteiger partial charge < -0.3 is 20.8 Å². The Hall–Kier alpha value is -3.35. The van der Waals surface area contributed by atoms with Crippen LogP contribution in [0, 0.1) is 0 Å². The van der Waals surface area contributed by atoms with Crippen molar-refractivity contribution in [2.24, 2.45) is 0 Å². The molecule has 0 aliphatic rings. The lowest BCUT2D eigenvalue weighted by Gasteiger charge is -2.10.